The maximum atomic E-state index is 14.3. The lowest BCUT2D eigenvalue weighted by Crippen LogP contribution is -2.48. The Morgan fingerprint density at radius 2 is 1.71 bits per heavy atom. The summed E-state index contributed by atoms with van der Waals surface area (Å²) in [5.74, 6) is -0.660. The first kappa shape index (κ1) is 28.3. The molecule has 2 N–H and O–H groups in total. The van der Waals surface area contributed by atoms with Crippen LogP contribution < -0.4 is 5.73 Å². The molecule has 4 aromatic rings. The Kier molecular flexibility index (Phi) is 8.39. The minimum absolute atomic E-state index is 0.0684. The number of hydrogen-bond donors (Lipinski definition) is 1. The zero-order valence-corrected chi connectivity index (χ0v) is 23.1. The van der Waals surface area contributed by atoms with Crippen LogP contribution >= 0.6 is 0 Å². The lowest BCUT2D eigenvalue weighted by Gasteiger charge is -2.32. The molecule has 10 nitrogen and oxygen atoms in total. The van der Waals surface area contributed by atoms with Crippen molar-refractivity contribution < 1.29 is 28.1 Å². The monoisotopic (exact) mass is 561 g/mol. The molecular formula is C30H32FN5O5. The van der Waals surface area contributed by atoms with Crippen molar-refractivity contribution in [3.8, 4) is 0 Å². The van der Waals surface area contributed by atoms with E-state index in [0.717, 1.165) is 16.7 Å². The summed E-state index contributed by atoms with van der Waals surface area (Å²) in [7, 11) is 0. The van der Waals surface area contributed by atoms with Crippen LogP contribution in [0.2, 0.25) is 0 Å². The Hall–Kier alpha value is -4.19. The molecule has 1 saturated heterocycles. The van der Waals surface area contributed by atoms with Crippen molar-refractivity contribution >= 4 is 23.0 Å². The van der Waals surface area contributed by atoms with Crippen LogP contribution in [0.25, 0.3) is 11.2 Å². The summed E-state index contributed by atoms with van der Waals surface area (Å²) in [4.78, 5) is 24.2. The van der Waals surface area contributed by atoms with E-state index in [4.69, 9.17) is 24.7 Å². The summed E-state index contributed by atoms with van der Waals surface area (Å²) in [6.45, 7) is 5.77. The Morgan fingerprint density at radius 3 is 2.34 bits per heavy atom. The Morgan fingerprint density at radius 1 is 1.05 bits per heavy atom. The number of fused-ring (bicyclic) bond motifs is 1. The molecule has 41 heavy (non-hydrogen) atoms. The molecule has 2 aromatic carbocycles. The van der Waals surface area contributed by atoms with Crippen LogP contribution in [0.5, 0.6) is 0 Å². The van der Waals surface area contributed by atoms with Crippen LogP contribution in [0.1, 0.15) is 38.1 Å². The second kappa shape index (κ2) is 12.1. The van der Waals surface area contributed by atoms with Crippen LogP contribution in [-0.4, -0.2) is 49.9 Å². The van der Waals surface area contributed by atoms with Crippen molar-refractivity contribution in [2.75, 3.05) is 12.3 Å². The maximum Gasteiger partial charge on any atom is 0.312 e. The number of aromatic nitrogens is 4. The molecule has 0 unspecified atom stereocenters. The van der Waals surface area contributed by atoms with Gasteiger partial charge in [0.15, 0.2) is 29.3 Å². The standard InChI is InChI=1S/C30H32FN5O5/c1-19(2)14-30(17-38-15-21-10-6-4-7-11-21)25(39-16-22-12-8-5-9-13-22)24(40-20(3)37)28(41-30)36-18-33-23-26(32)34-29(31)35-27(23)36/h4-14,18,24-25,28H,15-17H2,1-3H3,(H2,32,34,35)/t24-,25+,28-,30-/m1/s1. The van der Waals surface area contributed by atoms with Gasteiger partial charge in [-0.15, -0.1) is 0 Å². The summed E-state index contributed by atoms with van der Waals surface area (Å²) >= 11 is 0. The molecule has 0 saturated carbocycles. The fourth-order valence-electron chi connectivity index (χ4n) is 5.07. The van der Waals surface area contributed by atoms with Gasteiger partial charge in [0.05, 0.1) is 26.1 Å². The van der Waals surface area contributed by atoms with Crippen molar-refractivity contribution in [2.24, 2.45) is 0 Å². The zero-order chi connectivity index (χ0) is 29.0. The number of benzene rings is 2. The number of carbonyl (C=O) groups is 1. The van der Waals surface area contributed by atoms with Gasteiger partial charge in [0.1, 0.15) is 11.7 Å². The van der Waals surface area contributed by atoms with E-state index in [0.29, 0.717) is 6.61 Å². The lowest BCUT2D eigenvalue weighted by atomic mass is 9.93. The van der Waals surface area contributed by atoms with Gasteiger partial charge in [0.2, 0.25) is 0 Å². The van der Waals surface area contributed by atoms with Crippen LogP contribution in [0.15, 0.2) is 78.6 Å². The third-order valence-corrected chi connectivity index (χ3v) is 6.64. The van der Waals surface area contributed by atoms with Crippen molar-refractivity contribution in [1.29, 1.82) is 0 Å². The Labute approximate surface area is 236 Å². The highest BCUT2D eigenvalue weighted by molar-refractivity contribution is 5.81. The van der Waals surface area contributed by atoms with E-state index in [-0.39, 0.29) is 30.2 Å². The minimum atomic E-state index is -1.21. The van der Waals surface area contributed by atoms with Gasteiger partial charge in [-0.05, 0) is 31.1 Å². The van der Waals surface area contributed by atoms with E-state index in [1.54, 1.807) is 0 Å². The van der Waals surface area contributed by atoms with E-state index in [2.05, 4.69) is 15.0 Å². The van der Waals surface area contributed by atoms with Crippen molar-refractivity contribution in [3.63, 3.8) is 0 Å². The van der Waals surface area contributed by atoms with Gasteiger partial charge in [-0.25, -0.2) is 4.98 Å². The van der Waals surface area contributed by atoms with E-state index < -0.39 is 36.1 Å². The third kappa shape index (κ3) is 6.27. The average Bonchev–Trinajstić information content (AvgIpc) is 3.47. The second-order valence-electron chi connectivity index (χ2n) is 10.2. The van der Waals surface area contributed by atoms with E-state index in [1.807, 2.05) is 80.6 Å². The van der Waals surface area contributed by atoms with Gasteiger partial charge in [-0.1, -0.05) is 66.2 Å². The molecule has 0 bridgehead atoms. The predicted molar refractivity (Wildman–Crippen MR) is 149 cm³/mol. The first-order chi connectivity index (χ1) is 19.8. The molecular weight excluding hydrogens is 529 g/mol. The molecule has 214 valence electrons. The molecule has 0 amide bonds. The average molecular weight is 562 g/mol. The highest BCUT2D eigenvalue weighted by atomic mass is 19.1. The molecule has 1 aliphatic rings. The van der Waals surface area contributed by atoms with Gasteiger partial charge in [0.25, 0.3) is 0 Å². The molecule has 1 aliphatic heterocycles. The van der Waals surface area contributed by atoms with Crippen LogP contribution in [0.4, 0.5) is 10.2 Å². The van der Waals surface area contributed by atoms with Gasteiger partial charge < -0.3 is 24.7 Å². The quantitative estimate of drug-likeness (QED) is 0.169. The summed E-state index contributed by atoms with van der Waals surface area (Å²) in [6, 6.07) is 19.4. The number of ether oxygens (including phenoxy) is 4. The number of hydrogen-bond acceptors (Lipinski definition) is 9. The number of carbonyl (C=O) groups excluding carboxylic acids is 1. The van der Waals surface area contributed by atoms with Crippen molar-refractivity contribution in [1.82, 2.24) is 19.5 Å². The Balaban J connectivity index is 1.58. The van der Waals surface area contributed by atoms with Crippen molar-refractivity contribution in [2.45, 2.75) is 58.0 Å². The Bertz CT molecular complexity index is 1530. The second-order valence-corrected chi connectivity index (χ2v) is 10.2. The normalized spacial score (nSPS) is 22.1. The number of halogens is 1. The third-order valence-electron chi connectivity index (χ3n) is 6.64. The highest BCUT2D eigenvalue weighted by Gasteiger charge is 2.58. The maximum absolute atomic E-state index is 14.3. The fraction of sp³-hybridized carbons (Fsp3) is 0.333. The first-order valence-electron chi connectivity index (χ1n) is 13.2. The SMILES string of the molecule is CC(=O)O[C@H]1[C@H](n2cnc3c(N)nc(F)nc32)O[C@](C=C(C)C)(COCc2ccccc2)[C@H]1OCc1ccccc1. The van der Waals surface area contributed by atoms with Crippen LogP contribution in [-0.2, 0) is 37.0 Å². The number of nitrogens with zero attached hydrogens (tertiary/aromatic N) is 4. The summed E-state index contributed by atoms with van der Waals surface area (Å²) in [5.41, 5.74) is 7.83. The molecule has 1 fully saturated rings. The molecule has 0 radical (unpaired) electrons. The molecule has 5 rings (SSSR count). The molecule has 2 aromatic heterocycles. The molecule has 11 heteroatoms. The summed E-state index contributed by atoms with van der Waals surface area (Å²) in [5, 5.41) is 0. The van der Waals surface area contributed by atoms with Crippen molar-refractivity contribution in [3.05, 3.63) is 95.8 Å². The largest absolute Gasteiger partial charge is 0.455 e. The van der Waals surface area contributed by atoms with E-state index in [9.17, 15) is 9.18 Å². The smallest absolute Gasteiger partial charge is 0.312 e. The van der Waals surface area contributed by atoms with Crippen LogP contribution in [0.3, 0.4) is 0 Å². The van der Waals surface area contributed by atoms with Gasteiger partial charge in [-0.2, -0.15) is 14.4 Å². The topological polar surface area (TPSA) is 124 Å². The van der Waals surface area contributed by atoms with Crippen LogP contribution in [0, 0.1) is 6.08 Å². The first-order valence-corrected chi connectivity index (χ1v) is 13.2. The van der Waals surface area contributed by atoms with Gasteiger partial charge in [-0.3, -0.25) is 9.36 Å². The number of nitrogen functional groups attached to an aromatic ring is 1. The van der Waals surface area contributed by atoms with Gasteiger partial charge >= 0.3 is 12.0 Å². The molecule has 0 aliphatic carbocycles. The van der Waals surface area contributed by atoms with E-state index in [1.165, 1.54) is 17.8 Å². The number of anilines is 1. The predicted octanol–water partition coefficient (Wildman–Crippen LogP) is 4.52. The summed E-state index contributed by atoms with van der Waals surface area (Å²) < 4.78 is 41.1. The number of nitrogens with two attached hydrogens (primary N) is 1. The number of imidazole rings is 1. The molecule has 0 spiro atoms. The van der Waals surface area contributed by atoms with E-state index >= 15 is 0 Å². The lowest BCUT2D eigenvalue weighted by molar-refractivity contribution is -0.158. The minimum Gasteiger partial charge on any atom is -0.455 e. The summed E-state index contributed by atoms with van der Waals surface area (Å²) in [6.07, 6.45) is -0.513. The number of allylic oxidation sites excluding steroid dienone is 1. The molecule has 4 atom stereocenters. The molecule has 3 heterocycles. The zero-order valence-electron chi connectivity index (χ0n) is 23.1. The van der Waals surface area contributed by atoms with Gasteiger partial charge in [0, 0.05) is 6.92 Å². The number of rotatable bonds is 10. The highest BCUT2D eigenvalue weighted by Crippen LogP contribution is 2.44. The number of esters is 1. The fourth-order valence-corrected chi connectivity index (χ4v) is 5.07.